The Balaban J connectivity index is 1.23. The standard InChI is InChI=1S/C27H23N5S/c1-3-32-24-7-5-4-6-20(24)21-12-18(8-10-25(21)32)14-29-27-16-28-23(15-30-27)19-9-11-26-22(13-19)31-17(2)33-26/h4-13,15-16H,3,14H2,1-2H3,(H,29,30). The first kappa shape index (κ1) is 19.9. The van der Waals surface area contributed by atoms with Crippen LogP contribution in [0.5, 0.6) is 0 Å². The molecule has 3 aromatic carbocycles. The van der Waals surface area contributed by atoms with E-state index in [4.69, 9.17) is 0 Å². The number of nitrogens with one attached hydrogen (secondary N) is 1. The number of benzene rings is 3. The second kappa shape index (κ2) is 7.98. The summed E-state index contributed by atoms with van der Waals surface area (Å²) in [5.74, 6) is 0.764. The molecule has 6 rings (SSSR count). The van der Waals surface area contributed by atoms with Crippen molar-refractivity contribution >= 4 is 49.2 Å². The number of aromatic nitrogens is 4. The first-order chi connectivity index (χ1) is 16.2. The van der Waals surface area contributed by atoms with Crippen molar-refractivity contribution in [2.24, 2.45) is 0 Å². The molecule has 0 amide bonds. The van der Waals surface area contributed by atoms with Gasteiger partial charge in [-0.3, -0.25) is 4.98 Å². The normalized spacial score (nSPS) is 11.6. The molecule has 3 heterocycles. The lowest BCUT2D eigenvalue weighted by Gasteiger charge is -2.08. The summed E-state index contributed by atoms with van der Waals surface area (Å²) < 4.78 is 3.57. The van der Waals surface area contributed by atoms with Gasteiger partial charge in [0.1, 0.15) is 5.82 Å². The number of hydrogen-bond donors (Lipinski definition) is 1. The zero-order chi connectivity index (χ0) is 22.4. The number of nitrogens with zero attached hydrogens (tertiary/aromatic N) is 4. The number of para-hydroxylation sites is 1. The molecule has 1 N–H and O–H groups in total. The van der Waals surface area contributed by atoms with E-state index in [-0.39, 0.29) is 0 Å². The van der Waals surface area contributed by atoms with Crippen LogP contribution in [0.4, 0.5) is 5.82 Å². The molecular formula is C27H23N5S. The van der Waals surface area contributed by atoms with Crippen LogP contribution < -0.4 is 5.32 Å². The van der Waals surface area contributed by atoms with E-state index in [0.717, 1.165) is 34.1 Å². The van der Waals surface area contributed by atoms with Crippen molar-refractivity contribution in [1.82, 2.24) is 19.5 Å². The number of aryl methyl sites for hydroxylation is 2. The van der Waals surface area contributed by atoms with Crippen molar-refractivity contribution in [3.63, 3.8) is 0 Å². The van der Waals surface area contributed by atoms with Gasteiger partial charge in [0.2, 0.25) is 0 Å². The minimum Gasteiger partial charge on any atom is -0.365 e. The molecule has 0 fully saturated rings. The van der Waals surface area contributed by atoms with E-state index in [9.17, 15) is 0 Å². The monoisotopic (exact) mass is 449 g/mol. The van der Waals surface area contributed by atoms with Crippen molar-refractivity contribution in [2.45, 2.75) is 26.9 Å². The third-order valence-electron chi connectivity index (χ3n) is 6.07. The van der Waals surface area contributed by atoms with Crippen LogP contribution in [0.15, 0.2) is 73.1 Å². The summed E-state index contributed by atoms with van der Waals surface area (Å²) in [7, 11) is 0. The summed E-state index contributed by atoms with van der Waals surface area (Å²) in [5, 5.41) is 7.08. The first-order valence-electron chi connectivity index (χ1n) is 11.1. The molecule has 0 spiro atoms. The fourth-order valence-corrected chi connectivity index (χ4v) is 5.32. The van der Waals surface area contributed by atoms with Crippen LogP contribution in [-0.2, 0) is 13.1 Å². The van der Waals surface area contributed by atoms with Gasteiger partial charge < -0.3 is 9.88 Å². The Hall–Kier alpha value is -3.77. The zero-order valence-corrected chi connectivity index (χ0v) is 19.4. The Morgan fingerprint density at radius 2 is 1.79 bits per heavy atom. The predicted octanol–water partition coefficient (Wildman–Crippen LogP) is 6.80. The Bertz CT molecular complexity index is 1610. The highest BCUT2D eigenvalue weighted by Crippen LogP contribution is 2.30. The van der Waals surface area contributed by atoms with Gasteiger partial charge in [-0.25, -0.2) is 9.97 Å². The molecule has 6 heteroatoms. The maximum Gasteiger partial charge on any atom is 0.144 e. The van der Waals surface area contributed by atoms with Gasteiger partial charge in [0.25, 0.3) is 0 Å². The molecule has 6 aromatic rings. The molecule has 0 saturated carbocycles. The van der Waals surface area contributed by atoms with E-state index < -0.39 is 0 Å². The molecule has 0 atom stereocenters. The Morgan fingerprint density at radius 1 is 0.909 bits per heavy atom. The lowest BCUT2D eigenvalue weighted by atomic mass is 10.1. The molecular weight excluding hydrogens is 426 g/mol. The van der Waals surface area contributed by atoms with E-state index in [1.807, 2.05) is 13.1 Å². The van der Waals surface area contributed by atoms with Crippen LogP contribution in [0, 0.1) is 6.92 Å². The van der Waals surface area contributed by atoms with Gasteiger partial charge in [-0.05, 0) is 49.7 Å². The molecule has 162 valence electrons. The number of anilines is 1. The molecule has 0 radical (unpaired) electrons. The molecule has 0 aliphatic carbocycles. The maximum atomic E-state index is 4.63. The Kier molecular flexibility index (Phi) is 4.80. The molecule has 5 nitrogen and oxygen atoms in total. The lowest BCUT2D eigenvalue weighted by molar-refractivity contribution is 0.827. The van der Waals surface area contributed by atoms with Gasteiger partial charge in [-0.15, -0.1) is 11.3 Å². The van der Waals surface area contributed by atoms with Gasteiger partial charge in [-0.1, -0.05) is 30.3 Å². The van der Waals surface area contributed by atoms with Crippen LogP contribution in [0.25, 0.3) is 43.3 Å². The van der Waals surface area contributed by atoms with E-state index >= 15 is 0 Å². The third-order valence-corrected chi connectivity index (χ3v) is 7.02. The van der Waals surface area contributed by atoms with Crippen LogP contribution in [0.2, 0.25) is 0 Å². The summed E-state index contributed by atoms with van der Waals surface area (Å²) in [6.07, 6.45) is 3.62. The van der Waals surface area contributed by atoms with Crippen molar-refractivity contribution in [2.75, 3.05) is 5.32 Å². The van der Waals surface area contributed by atoms with Crippen LogP contribution in [0.3, 0.4) is 0 Å². The van der Waals surface area contributed by atoms with E-state index in [1.165, 1.54) is 32.1 Å². The van der Waals surface area contributed by atoms with Gasteiger partial charge >= 0.3 is 0 Å². The second-order valence-electron chi connectivity index (χ2n) is 8.17. The second-order valence-corrected chi connectivity index (χ2v) is 9.40. The summed E-state index contributed by atoms with van der Waals surface area (Å²) in [6, 6.07) is 21.6. The van der Waals surface area contributed by atoms with E-state index in [0.29, 0.717) is 6.54 Å². The highest BCUT2D eigenvalue weighted by Gasteiger charge is 2.10. The number of hydrogen-bond acceptors (Lipinski definition) is 5. The summed E-state index contributed by atoms with van der Waals surface area (Å²) in [4.78, 5) is 13.8. The quantitative estimate of drug-likeness (QED) is 0.314. The minimum absolute atomic E-state index is 0.694. The highest BCUT2D eigenvalue weighted by atomic mass is 32.1. The fraction of sp³-hybridized carbons (Fsp3) is 0.148. The van der Waals surface area contributed by atoms with E-state index in [1.54, 1.807) is 17.5 Å². The van der Waals surface area contributed by atoms with Crippen LogP contribution in [0.1, 0.15) is 17.5 Å². The first-order valence-corrected chi connectivity index (χ1v) is 11.9. The topological polar surface area (TPSA) is 55.6 Å². The molecule has 0 bridgehead atoms. The summed E-state index contributed by atoms with van der Waals surface area (Å²) in [6.45, 7) is 5.88. The zero-order valence-electron chi connectivity index (χ0n) is 18.5. The van der Waals surface area contributed by atoms with Crippen LogP contribution >= 0.6 is 11.3 Å². The largest absolute Gasteiger partial charge is 0.365 e. The maximum absolute atomic E-state index is 4.63. The van der Waals surface area contributed by atoms with Crippen molar-refractivity contribution < 1.29 is 0 Å². The molecule has 0 aliphatic rings. The molecule has 0 aliphatic heterocycles. The van der Waals surface area contributed by atoms with E-state index in [2.05, 4.69) is 92.4 Å². The van der Waals surface area contributed by atoms with Crippen LogP contribution in [-0.4, -0.2) is 19.5 Å². The average molecular weight is 450 g/mol. The smallest absolute Gasteiger partial charge is 0.144 e. The fourth-order valence-electron chi connectivity index (χ4n) is 4.51. The highest BCUT2D eigenvalue weighted by molar-refractivity contribution is 7.18. The third kappa shape index (κ3) is 3.52. The molecule has 0 unspecified atom stereocenters. The summed E-state index contributed by atoms with van der Waals surface area (Å²) >= 11 is 1.71. The van der Waals surface area contributed by atoms with Gasteiger partial charge in [-0.2, -0.15) is 0 Å². The van der Waals surface area contributed by atoms with Gasteiger partial charge in [0.15, 0.2) is 0 Å². The van der Waals surface area contributed by atoms with Gasteiger partial charge in [0.05, 0.1) is 33.3 Å². The van der Waals surface area contributed by atoms with Crippen molar-refractivity contribution in [1.29, 1.82) is 0 Å². The van der Waals surface area contributed by atoms with Gasteiger partial charge in [0, 0.05) is 40.5 Å². The number of fused-ring (bicyclic) bond motifs is 4. The Morgan fingerprint density at radius 3 is 2.64 bits per heavy atom. The average Bonchev–Trinajstić information content (AvgIpc) is 3.38. The number of rotatable bonds is 5. The number of thiazole rings is 1. The van der Waals surface area contributed by atoms with Crippen molar-refractivity contribution in [3.05, 3.63) is 83.6 Å². The van der Waals surface area contributed by atoms with Crippen molar-refractivity contribution in [3.8, 4) is 11.3 Å². The SMILES string of the molecule is CCn1c2ccccc2c2cc(CNc3cnc(-c4ccc5sc(C)nc5c4)cn3)ccc21. The molecule has 3 aromatic heterocycles. The minimum atomic E-state index is 0.694. The lowest BCUT2D eigenvalue weighted by Crippen LogP contribution is -2.02. The summed E-state index contributed by atoms with van der Waals surface area (Å²) in [5.41, 5.74) is 6.67. The molecule has 33 heavy (non-hydrogen) atoms. The molecule has 0 saturated heterocycles. The predicted molar refractivity (Wildman–Crippen MR) is 138 cm³/mol. The Labute approximate surface area is 195 Å².